The number of unbranched alkanes of at least 4 members (excludes halogenated alkanes) is 1. The highest BCUT2D eigenvalue weighted by Crippen LogP contribution is 2.19. The molecule has 0 aromatic carbocycles. The van der Waals surface area contributed by atoms with Crippen molar-refractivity contribution in [3.8, 4) is 0 Å². The quantitative estimate of drug-likeness (QED) is 0.777. The third-order valence-corrected chi connectivity index (χ3v) is 5.26. The minimum atomic E-state index is -3.59. The molecular formula is C11H21BrN4O2S. The lowest BCUT2D eigenvalue weighted by Gasteiger charge is -2.17. The number of sulfonamides is 1. The van der Waals surface area contributed by atoms with Crippen LogP contribution in [0.4, 0.5) is 0 Å². The maximum Gasteiger partial charge on any atom is 0.260 e. The maximum atomic E-state index is 12.3. The van der Waals surface area contributed by atoms with Crippen LogP contribution in [-0.4, -0.2) is 29.5 Å². The third kappa shape index (κ3) is 4.54. The molecule has 1 rings (SSSR count). The second kappa shape index (κ2) is 7.35. The second-order valence-electron chi connectivity index (χ2n) is 4.56. The van der Waals surface area contributed by atoms with Gasteiger partial charge in [-0.3, -0.25) is 0 Å². The summed E-state index contributed by atoms with van der Waals surface area (Å²) in [5, 5.41) is 7.48. The Labute approximate surface area is 123 Å². The van der Waals surface area contributed by atoms with Crippen LogP contribution < -0.4 is 4.72 Å². The lowest BCUT2D eigenvalue weighted by Crippen LogP contribution is -2.36. The normalized spacial score (nSPS) is 13.7. The van der Waals surface area contributed by atoms with Gasteiger partial charge in [0.15, 0.2) is 4.60 Å². The smallest absolute Gasteiger partial charge is 0.235 e. The van der Waals surface area contributed by atoms with Crippen LogP contribution in [0.15, 0.2) is 9.63 Å². The summed E-state index contributed by atoms with van der Waals surface area (Å²) in [7, 11) is -2.03. The van der Waals surface area contributed by atoms with Crippen molar-refractivity contribution in [1.29, 1.82) is 0 Å². The highest BCUT2D eigenvalue weighted by atomic mass is 79.9. The van der Waals surface area contributed by atoms with Gasteiger partial charge in [-0.15, -0.1) is 5.10 Å². The minimum absolute atomic E-state index is 0.0308. The van der Waals surface area contributed by atoms with Crippen molar-refractivity contribution in [1.82, 2.24) is 19.7 Å². The Balaban J connectivity index is 2.88. The second-order valence-corrected chi connectivity index (χ2v) is 6.94. The highest BCUT2D eigenvalue weighted by molar-refractivity contribution is 9.10. The van der Waals surface area contributed by atoms with E-state index in [1.165, 1.54) is 4.68 Å². The number of hydrogen-bond donors (Lipinski definition) is 1. The first-order valence-electron chi connectivity index (χ1n) is 6.49. The zero-order chi connectivity index (χ0) is 14.5. The van der Waals surface area contributed by atoms with Gasteiger partial charge in [0, 0.05) is 13.1 Å². The highest BCUT2D eigenvalue weighted by Gasteiger charge is 2.26. The first-order chi connectivity index (χ1) is 8.92. The number of nitrogens with one attached hydrogen (secondary N) is 1. The standard InChI is InChI=1S/C11H21BrN4O2S/c1-4-6-8-9(7-5-2)14-19(17,18)11-10(12)13-15-16(11)3/h9,14H,4-8H2,1-3H3. The van der Waals surface area contributed by atoms with Crippen LogP contribution in [0.25, 0.3) is 0 Å². The Bertz CT molecular complexity index is 481. The van der Waals surface area contributed by atoms with E-state index in [2.05, 4.69) is 44.8 Å². The predicted molar refractivity (Wildman–Crippen MR) is 77.2 cm³/mol. The average Bonchev–Trinajstić information content (AvgIpc) is 2.66. The van der Waals surface area contributed by atoms with Crippen molar-refractivity contribution >= 4 is 26.0 Å². The number of nitrogens with zero attached hydrogens (tertiary/aromatic N) is 3. The van der Waals surface area contributed by atoms with E-state index in [0.717, 1.165) is 32.1 Å². The van der Waals surface area contributed by atoms with Crippen molar-refractivity contribution in [3.63, 3.8) is 0 Å². The fourth-order valence-electron chi connectivity index (χ4n) is 1.94. The van der Waals surface area contributed by atoms with Crippen LogP contribution in [0, 0.1) is 0 Å². The van der Waals surface area contributed by atoms with Crippen molar-refractivity contribution in [3.05, 3.63) is 4.60 Å². The van der Waals surface area contributed by atoms with Crippen LogP contribution in [0.2, 0.25) is 0 Å². The van der Waals surface area contributed by atoms with Crippen LogP contribution in [-0.2, 0) is 17.1 Å². The molecule has 1 heterocycles. The van der Waals surface area contributed by atoms with Gasteiger partial charge in [-0.1, -0.05) is 38.3 Å². The summed E-state index contributed by atoms with van der Waals surface area (Å²) >= 11 is 3.12. The monoisotopic (exact) mass is 352 g/mol. The summed E-state index contributed by atoms with van der Waals surface area (Å²) < 4.78 is 28.9. The van der Waals surface area contributed by atoms with E-state index < -0.39 is 10.0 Å². The van der Waals surface area contributed by atoms with Crippen molar-refractivity contribution in [2.45, 2.75) is 57.0 Å². The van der Waals surface area contributed by atoms with Gasteiger partial charge in [0.25, 0.3) is 10.0 Å². The summed E-state index contributed by atoms with van der Waals surface area (Å²) in [4.78, 5) is 0. The molecular weight excluding hydrogens is 332 g/mol. The van der Waals surface area contributed by atoms with Gasteiger partial charge in [-0.2, -0.15) is 0 Å². The number of aromatic nitrogens is 3. The molecule has 0 aliphatic heterocycles. The molecule has 1 N–H and O–H groups in total. The third-order valence-electron chi connectivity index (χ3n) is 2.86. The van der Waals surface area contributed by atoms with E-state index in [9.17, 15) is 8.42 Å². The van der Waals surface area contributed by atoms with Gasteiger partial charge in [0.2, 0.25) is 5.03 Å². The lowest BCUT2D eigenvalue weighted by molar-refractivity contribution is 0.478. The Morgan fingerprint density at radius 2 is 2.00 bits per heavy atom. The molecule has 1 atom stereocenters. The Morgan fingerprint density at radius 1 is 1.32 bits per heavy atom. The molecule has 19 heavy (non-hydrogen) atoms. The molecule has 0 spiro atoms. The Kier molecular flexibility index (Phi) is 6.41. The summed E-state index contributed by atoms with van der Waals surface area (Å²) in [6.45, 7) is 4.15. The Hall–Kier alpha value is -0.470. The fourth-order valence-corrected chi connectivity index (χ4v) is 4.34. The SMILES string of the molecule is CCCCC(CCC)NS(=O)(=O)c1c(Br)nnn1C. The maximum absolute atomic E-state index is 12.3. The largest absolute Gasteiger partial charge is 0.260 e. The molecule has 0 fully saturated rings. The van der Waals surface area contributed by atoms with Crippen LogP contribution in [0.3, 0.4) is 0 Å². The molecule has 0 amide bonds. The van der Waals surface area contributed by atoms with Gasteiger partial charge in [-0.05, 0) is 28.8 Å². The summed E-state index contributed by atoms with van der Waals surface area (Å²) in [5.41, 5.74) is 0. The van der Waals surface area contributed by atoms with E-state index in [1.54, 1.807) is 7.05 Å². The van der Waals surface area contributed by atoms with Crippen LogP contribution >= 0.6 is 15.9 Å². The minimum Gasteiger partial charge on any atom is -0.235 e. The average molecular weight is 353 g/mol. The molecule has 0 saturated carbocycles. The zero-order valence-corrected chi connectivity index (χ0v) is 14.0. The molecule has 0 bridgehead atoms. The van der Waals surface area contributed by atoms with Crippen LogP contribution in [0.5, 0.6) is 0 Å². The van der Waals surface area contributed by atoms with Gasteiger partial charge in [-0.25, -0.2) is 17.8 Å². The molecule has 0 aliphatic rings. The van der Waals surface area contributed by atoms with Crippen molar-refractivity contribution < 1.29 is 8.42 Å². The molecule has 0 radical (unpaired) electrons. The van der Waals surface area contributed by atoms with Gasteiger partial charge in [0.1, 0.15) is 0 Å². The van der Waals surface area contributed by atoms with Gasteiger partial charge in [0.05, 0.1) is 0 Å². The van der Waals surface area contributed by atoms with Crippen molar-refractivity contribution in [2.75, 3.05) is 0 Å². The molecule has 0 saturated heterocycles. The topological polar surface area (TPSA) is 76.9 Å². The van der Waals surface area contributed by atoms with Crippen molar-refractivity contribution in [2.24, 2.45) is 7.05 Å². The van der Waals surface area contributed by atoms with Gasteiger partial charge >= 0.3 is 0 Å². The van der Waals surface area contributed by atoms with E-state index in [4.69, 9.17) is 0 Å². The number of rotatable bonds is 8. The van der Waals surface area contributed by atoms with E-state index >= 15 is 0 Å². The van der Waals surface area contributed by atoms with E-state index in [-0.39, 0.29) is 15.7 Å². The number of halogens is 1. The molecule has 1 aromatic heterocycles. The molecule has 110 valence electrons. The zero-order valence-electron chi connectivity index (χ0n) is 11.6. The van der Waals surface area contributed by atoms with E-state index in [0.29, 0.717) is 0 Å². The Morgan fingerprint density at radius 3 is 2.47 bits per heavy atom. The molecule has 6 nitrogen and oxygen atoms in total. The number of hydrogen-bond acceptors (Lipinski definition) is 4. The lowest BCUT2D eigenvalue weighted by atomic mass is 10.1. The first-order valence-corrected chi connectivity index (χ1v) is 8.77. The summed E-state index contributed by atoms with van der Waals surface area (Å²) in [6.07, 6.45) is 4.70. The molecule has 0 aliphatic carbocycles. The molecule has 8 heteroatoms. The molecule has 1 aromatic rings. The molecule has 1 unspecified atom stereocenters. The predicted octanol–water partition coefficient (Wildman–Crippen LogP) is 2.21. The number of aryl methyl sites for hydroxylation is 1. The fraction of sp³-hybridized carbons (Fsp3) is 0.818. The summed E-state index contributed by atoms with van der Waals surface area (Å²) in [5.74, 6) is 0. The van der Waals surface area contributed by atoms with E-state index in [1.807, 2.05) is 0 Å². The van der Waals surface area contributed by atoms with Crippen LogP contribution in [0.1, 0.15) is 46.0 Å². The first kappa shape index (κ1) is 16.6. The summed E-state index contributed by atoms with van der Waals surface area (Å²) in [6, 6.07) is -0.0308. The van der Waals surface area contributed by atoms with Gasteiger partial charge < -0.3 is 0 Å².